The second kappa shape index (κ2) is 5.69. The molecular weight excluding hydrogens is 238 g/mol. The largest absolute Gasteiger partial charge is 0.321 e. The number of carbonyl (C=O) groups excluding carboxylic acids is 1. The lowest BCUT2D eigenvalue weighted by Gasteiger charge is -2.04. The third-order valence-corrected chi connectivity index (χ3v) is 3.13. The van der Waals surface area contributed by atoms with Crippen LogP contribution in [0.25, 0.3) is 0 Å². The summed E-state index contributed by atoms with van der Waals surface area (Å²) in [6.45, 7) is 6.83. The monoisotopic (exact) mass is 257 g/mol. The molecule has 1 aromatic carbocycles. The first-order chi connectivity index (χ1) is 9.13. The van der Waals surface area contributed by atoms with Crippen molar-refractivity contribution >= 4 is 11.6 Å². The molecule has 4 nitrogen and oxygen atoms in total. The Kier molecular flexibility index (Phi) is 4.00. The minimum Gasteiger partial charge on any atom is -0.321 e. The van der Waals surface area contributed by atoms with E-state index in [1.807, 2.05) is 42.8 Å². The first-order valence-electron chi connectivity index (χ1n) is 6.58. The average Bonchev–Trinajstić information content (AvgIpc) is 2.81. The summed E-state index contributed by atoms with van der Waals surface area (Å²) in [6, 6.07) is 9.68. The van der Waals surface area contributed by atoms with Gasteiger partial charge in [0.2, 0.25) is 0 Å². The first kappa shape index (κ1) is 13.3. The van der Waals surface area contributed by atoms with Crippen LogP contribution >= 0.6 is 0 Å². The molecule has 0 saturated heterocycles. The van der Waals surface area contributed by atoms with Gasteiger partial charge in [0.1, 0.15) is 0 Å². The van der Waals surface area contributed by atoms with Gasteiger partial charge in [-0.05, 0) is 44.0 Å². The Labute approximate surface area is 113 Å². The van der Waals surface area contributed by atoms with Gasteiger partial charge in [-0.3, -0.25) is 9.48 Å². The van der Waals surface area contributed by atoms with Gasteiger partial charge in [-0.1, -0.05) is 19.1 Å². The van der Waals surface area contributed by atoms with Gasteiger partial charge in [-0.2, -0.15) is 5.10 Å². The molecule has 0 bridgehead atoms. The normalized spacial score (nSPS) is 10.5. The fourth-order valence-electron chi connectivity index (χ4n) is 1.96. The Morgan fingerprint density at radius 2 is 1.95 bits per heavy atom. The Bertz CT molecular complexity index is 570. The summed E-state index contributed by atoms with van der Waals surface area (Å²) in [5, 5.41) is 7.12. The number of amides is 1. The lowest BCUT2D eigenvalue weighted by Crippen LogP contribution is -2.13. The number of carbonyl (C=O) groups is 1. The standard InChI is InChI=1S/C15H19N3O/c1-4-12-6-8-13(9-7-12)16-15(19)14-10-11(3)18(5-2)17-14/h6-10H,4-5H2,1-3H3,(H,16,19). The van der Waals surface area contributed by atoms with Gasteiger partial charge in [0.05, 0.1) is 0 Å². The van der Waals surface area contributed by atoms with Crippen LogP contribution in [-0.4, -0.2) is 15.7 Å². The number of aromatic nitrogens is 2. The summed E-state index contributed by atoms with van der Waals surface area (Å²) < 4.78 is 1.81. The molecule has 2 rings (SSSR count). The molecule has 0 saturated carbocycles. The van der Waals surface area contributed by atoms with E-state index in [1.54, 1.807) is 6.07 Å². The minimum atomic E-state index is -0.167. The highest BCUT2D eigenvalue weighted by Crippen LogP contribution is 2.12. The van der Waals surface area contributed by atoms with Gasteiger partial charge in [-0.15, -0.1) is 0 Å². The third-order valence-electron chi connectivity index (χ3n) is 3.13. The van der Waals surface area contributed by atoms with E-state index in [9.17, 15) is 4.79 Å². The Balaban J connectivity index is 2.11. The number of nitrogens with one attached hydrogen (secondary N) is 1. The molecule has 100 valence electrons. The number of hydrogen-bond acceptors (Lipinski definition) is 2. The Hall–Kier alpha value is -2.10. The quantitative estimate of drug-likeness (QED) is 0.915. The van der Waals surface area contributed by atoms with Crippen molar-refractivity contribution in [2.24, 2.45) is 0 Å². The summed E-state index contributed by atoms with van der Waals surface area (Å²) in [7, 11) is 0. The molecule has 1 N–H and O–H groups in total. The molecule has 1 amide bonds. The maximum Gasteiger partial charge on any atom is 0.276 e. The zero-order valence-corrected chi connectivity index (χ0v) is 11.6. The second-order valence-electron chi connectivity index (χ2n) is 4.49. The van der Waals surface area contributed by atoms with Crippen molar-refractivity contribution in [2.75, 3.05) is 5.32 Å². The fourth-order valence-corrected chi connectivity index (χ4v) is 1.96. The van der Waals surface area contributed by atoms with Crippen LogP contribution < -0.4 is 5.32 Å². The number of rotatable bonds is 4. The summed E-state index contributed by atoms with van der Waals surface area (Å²) in [5.41, 5.74) is 3.50. The smallest absolute Gasteiger partial charge is 0.276 e. The van der Waals surface area contributed by atoms with E-state index in [0.717, 1.165) is 24.3 Å². The van der Waals surface area contributed by atoms with E-state index in [1.165, 1.54) is 5.56 Å². The zero-order chi connectivity index (χ0) is 13.8. The summed E-state index contributed by atoms with van der Waals surface area (Å²) in [6.07, 6.45) is 0.994. The summed E-state index contributed by atoms with van der Waals surface area (Å²) in [4.78, 5) is 12.1. The Morgan fingerprint density at radius 1 is 1.26 bits per heavy atom. The number of aryl methyl sites for hydroxylation is 3. The van der Waals surface area contributed by atoms with Crippen LogP contribution in [0.4, 0.5) is 5.69 Å². The Morgan fingerprint density at radius 3 is 2.47 bits per heavy atom. The maximum absolute atomic E-state index is 12.1. The number of nitrogens with zero attached hydrogens (tertiary/aromatic N) is 2. The van der Waals surface area contributed by atoms with Gasteiger partial charge in [-0.25, -0.2) is 0 Å². The molecular formula is C15H19N3O. The highest BCUT2D eigenvalue weighted by atomic mass is 16.1. The second-order valence-corrected chi connectivity index (χ2v) is 4.49. The van der Waals surface area contributed by atoms with E-state index in [4.69, 9.17) is 0 Å². The molecule has 1 heterocycles. The van der Waals surface area contributed by atoms with E-state index < -0.39 is 0 Å². The molecule has 0 spiro atoms. The van der Waals surface area contributed by atoms with Gasteiger partial charge in [0.25, 0.3) is 5.91 Å². The first-order valence-corrected chi connectivity index (χ1v) is 6.58. The molecule has 1 aromatic heterocycles. The minimum absolute atomic E-state index is 0.167. The topological polar surface area (TPSA) is 46.9 Å². The van der Waals surface area contributed by atoms with Crippen LogP contribution in [0.1, 0.15) is 35.6 Å². The van der Waals surface area contributed by atoms with Crippen LogP contribution in [0.5, 0.6) is 0 Å². The zero-order valence-electron chi connectivity index (χ0n) is 11.6. The van der Waals surface area contributed by atoms with E-state index in [-0.39, 0.29) is 5.91 Å². The predicted molar refractivity (Wildman–Crippen MR) is 76.4 cm³/mol. The van der Waals surface area contributed by atoms with Crippen molar-refractivity contribution in [2.45, 2.75) is 33.7 Å². The predicted octanol–water partition coefficient (Wildman–Crippen LogP) is 3.03. The third kappa shape index (κ3) is 3.02. The van der Waals surface area contributed by atoms with E-state index >= 15 is 0 Å². The molecule has 0 radical (unpaired) electrons. The number of benzene rings is 1. The number of hydrogen-bond donors (Lipinski definition) is 1. The van der Waals surface area contributed by atoms with Crippen molar-refractivity contribution in [3.8, 4) is 0 Å². The van der Waals surface area contributed by atoms with Gasteiger partial charge < -0.3 is 5.32 Å². The van der Waals surface area contributed by atoms with Crippen molar-refractivity contribution < 1.29 is 4.79 Å². The molecule has 0 unspecified atom stereocenters. The van der Waals surface area contributed by atoms with Gasteiger partial charge in [0, 0.05) is 17.9 Å². The van der Waals surface area contributed by atoms with Crippen molar-refractivity contribution in [3.05, 3.63) is 47.3 Å². The van der Waals surface area contributed by atoms with E-state index in [0.29, 0.717) is 5.69 Å². The van der Waals surface area contributed by atoms with Gasteiger partial charge >= 0.3 is 0 Å². The molecule has 0 aliphatic carbocycles. The van der Waals surface area contributed by atoms with Crippen LogP contribution in [0.3, 0.4) is 0 Å². The molecule has 19 heavy (non-hydrogen) atoms. The average molecular weight is 257 g/mol. The molecule has 0 atom stereocenters. The lowest BCUT2D eigenvalue weighted by molar-refractivity contribution is 0.102. The van der Waals surface area contributed by atoms with Crippen molar-refractivity contribution in [1.82, 2.24) is 9.78 Å². The highest BCUT2D eigenvalue weighted by molar-refractivity contribution is 6.02. The summed E-state index contributed by atoms with van der Waals surface area (Å²) in [5.74, 6) is -0.167. The van der Waals surface area contributed by atoms with Crippen molar-refractivity contribution in [3.63, 3.8) is 0 Å². The van der Waals surface area contributed by atoms with Crippen LogP contribution in [0.2, 0.25) is 0 Å². The van der Waals surface area contributed by atoms with Crippen LogP contribution in [0.15, 0.2) is 30.3 Å². The molecule has 0 fully saturated rings. The molecule has 4 heteroatoms. The highest BCUT2D eigenvalue weighted by Gasteiger charge is 2.11. The molecule has 2 aromatic rings. The number of anilines is 1. The fraction of sp³-hybridized carbons (Fsp3) is 0.333. The summed E-state index contributed by atoms with van der Waals surface area (Å²) >= 11 is 0. The van der Waals surface area contributed by atoms with Gasteiger partial charge in [0.15, 0.2) is 5.69 Å². The van der Waals surface area contributed by atoms with Crippen LogP contribution in [-0.2, 0) is 13.0 Å². The molecule has 0 aliphatic rings. The maximum atomic E-state index is 12.1. The molecule has 0 aliphatic heterocycles. The van der Waals surface area contributed by atoms with Crippen molar-refractivity contribution in [1.29, 1.82) is 0 Å². The lowest BCUT2D eigenvalue weighted by atomic mass is 10.1. The SMILES string of the molecule is CCc1ccc(NC(=O)c2cc(C)n(CC)n2)cc1. The van der Waals surface area contributed by atoms with Crippen LogP contribution in [0, 0.1) is 6.92 Å². The van der Waals surface area contributed by atoms with E-state index in [2.05, 4.69) is 17.3 Å².